The largest absolute Gasteiger partial charge is 0.457 e. The number of hydrogen-bond donors (Lipinski definition) is 3. The summed E-state index contributed by atoms with van der Waals surface area (Å²) < 4.78 is 31.9. The van der Waals surface area contributed by atoms with Crippen molar-refractivity contribution < 1.29 is 18.3 Å². The molecule has 0 bridgehead atoms. The van der Waals surface area contributed by atoms with Gasteiger partial charge in [-0.2, -0.15) is 0 Å². The number of thiocarbonyl (C=S) groups is 1. The number of carbonyl (C=O) groups is 1. The molecule has 0 saturated heterocycles. The van der Waals surface area contributed by atoms with E-state index in [1.807, 2.05) is 0 Å². The molecule has 0 fully saturated rings. The van der Waals surface area contributed by atoms with Gasteiger partial charge < -0.3 is 20.7 Å². The fraction of sp³-hybridized carbons (Fsp3) is 0.0500. The summed E-state index contributed by atoms with van der Waals surface area (Å²) >= 11 is 5.17. The number of carbonyl (C=O) groups excluding carboxylic acids is 1. The molecule has 0 radical (unpaired) electrons. The summed E-state index contributed by atoms with van der Waals surface area (Å²) in [4.78, 5) is 15.6. The van der Waals surface area contributed by atoms with Crippen LogP contribution >= 0.6 is 12.2 Å². The van der Waals surface area contributed by atoms with E-state index in [4.69, 9.17) is 17.0 Å². The maximum Gasteiger partial charge on any atom is 0.269 e. The van der Waals surface area contributed by atoms with E-state index in [0.717, 1.165) is 12.1 Å². The van der Waals surface area contributed by atoms with Crippen molar-refractivity contribution >= 4 is 34.6 Å². The van der Waals surface area contributed by atoms with Gasteiger partial charge in [0.25, 0.3) is 5.91 Å². The number of rotatable bonds is 5. The van der Waals surface area contributed by atoms with Crippen LogP contribution in [0.25, 0.3) is 0 Å². The Morgan fingerprint density at radius 1 is 0.931 bits per heavy atom. The lowest BCUT2D eigenvalue weighted by Crippen LogP contribution is -2.19. The van der Waals surface area contributed by atoms with E-state index in [9.17, 15) is 13.6 Å². The average Bonchev–Trinajstić information content (AvgIpc) is 2.72. The molecule has 9 heteroatoms. The van der Waals surface area contributed by atoms with Crippen molar-refractivity contribution in [1.29, 1.82) is 0 Å². The van der Waals surface area contributed by atoms with Crippen molar-refractivity contribution in [2.24, 2.45) is 0 Å². The summed E-state index contributed by atoms with van der Waals surface area (Å²) in [5, 5.41) is 8.42. The molecule has 0 spiro atoms. The molecule has 0 aliphatic rings. The zero-order chi connectivity index (χ0) is 20.8. The van der Waals surface area contributed by atoms with Crippen molar-refractivity contribution in [3.63, 3.8) is 0 Å². The number of ether oxygens (including phenoxy) is 1. The van der Waals surface area contributed by atoms with Crippen LogP contribution in [-0.2, 0) is 0 Å². The number of anilines is 2. The minimum atomic E-state index is -0.963. The quantitative estimate of drug-likeness (QED) is 0.540. The molecule has 3 rings (SSSR count). The highest BCUT2D eigenvalue weighted by atomic mass is 32.1. The molecule has 0 aliphatic heterocycles. The highest BCUT2D eigenvalue weighted by Crippen LogP contribution is 2.23. The van der Waals surface area contributed by atoms with Crippen LogP contribution in [0.3, 0.4) is 0 Å². The Morgan fingerprint density at radius 3 is 2.31 bits per heavy atom. The van der Waals surface area contributed by atoms with E-state index in [1.165, 1.54) is 25.4 Å². The lowest BCUT2D eigenvalue weighted by atomic mass is 10.3. The first-order chi connectivity index (χ1) is 13.9. The van der Waals surface area contributed by atoms with E-state index >= 15 is 0 Å². The van der Waals surface area contributed by atoms with Crippen LogP contribution in [0.4, 0.5) is 20.2 Å². The van der Waals surface area contributed by atoms with Crippen LogP contribution in [0.2, 0.25) is 0 Å². The molecule has 1 amide bonds. The smallest absolute Gasteiger partial charge is 0.269 e. The minimum Gasteiger partial charge on any atom is -0.457 e. The molecule has 2 aromatic carbocycles. The highest BCUT2D eigenvalue weighted by molar-refractivity contribution is 7.80. The Hall–Kier alpha value is -3.59. The SMILES string of the molecule is CNC(=O)c1cc(Oc2ccc(NC(=S)Nc3ccc(F)c(F)c3)cc2)ccn1. The van der Waals surface area contributed by atoms with Crippen LogP contribution in [0.5, 0.6) is 11.5 Å². The summed E-state index contributed by atoms with van der Waals surface area (Å²) in [6.07, 6.45) is 1.48. The predicted molar refractivity (Wildman–Crippen MR) is 110 cm³/mol. The van der Waals surface area contributed by atoms with Crippen LogP contribution in [-0.4, -0.2) is 23.1 Å². The third kappa shape index (κ3) is 5.45. The molecule has 1 aromatic heterocycles. The van der Waals surface area contributed by atoms with Crippen LogP contribution in [0.1, 0.15) is 10.5 Å². The first kappa shape index (κ1) is 20.2. The van der Waals surface area contributed by atoms with Gasteiger partial charge in [0.15, 0.2) is 16.7 Å². The molecule has 3 aromatic rings. The molecule has 6 nitrogen and oxygen atoms in total. The lowest BCUT2D eigenvalue weighted by molar-refractivity contribution is 0.0958. The zero-order valence-electron chi connectivity index (χ0n) is 15.2. The normalized spacial score (nSPS) is 10.2. The maximum atomic E-state index is 13.3. The minimum absolute atomic E-state index is 0.217. The molecule has 3 N–H and O–H groups in total. The van der Waals surface area contributed by atoms with Crippen LogP contribution in [0.15, 0.2) is 60.8 Å². The summed E-state index contributed by atoms with van der Waals surface area (Å²) in [6.45, 7) is 0. The second-order valence-corrected chi connectivity index (χ2v) is 6.20. The van der Waals surface area contributed by atoms with Crippen molar-refractivity contribution in [2.45, 2.75) is 0 Å². The number of benzene rings is 2. The standard InChI is InChI=1S/C20H16F2N4O2S/c1-23-19(27)18-11-15(8-9-24-18)28-14-5-2-12(3-6-14)25-20(29)26-13-4-7-16(21)17(22)10-13/h2-11H,1H3,(H,23,27)(H2,25,26,29). The van der Waals surface area contributed by atoms with E-state index in [1.54, 1.807) is 30.3 Å². The first-order valence-electron chi connectivity index (χ1n) is 8.44. The predicted octanol–water partition coefficient (Wildman–Crippen LogP) is 4.32. The lowest BCUT2D eigenvalue weighted by Gasteiger charge is -2.12. The van der Waals surface area contributed by atoms with Crippen molar-refractivity contribution in [2.75, 3.05) is 17.7 Å². The highest BCUT2D eigenvalue weighted by Gasteiger charge is 2.07. The fourth-order valence-electron chi connectivity index (χ4n) is 2.34. The molecular weight excluding hydrogens is 398 g/mol. The number of nitrogens with zero attached hydrogens (tertiary/aromatic N) is 1. The fourth-order valence-corrected chi connectivity index (χ4v) is 2.57. The Bertz CT molecular complexity index is 1040. The van der Waals surface area contributed by atoms with Crippen molar-refractivity contribution in [1.82, 2.24) is 10.3 Å². The number of pyridine rings is 1. The second kappa shape index (κ2) is 9.07. The van der Waals surface area contributed by atoms with Gasteiger partial charge in [0.2, 0.25) is 0 Å². The van der Waals surface area contributed by atoms with Crippen molar-refractivity contribution in [3.05, 3.63) is 78.1 Å². The second-order valence-electron chi connectivity index (χ2n) is 5.79. The third-order valence-electron chi connectivity index (χ3n) is 3.72. The van der Waals surface area contributed by atoms with Crippen LogP contribution in [0, 0.1) is 11.6 Å². The number of hydrogen-bond acceptors (Lipinski definition) is 4. The van der Waals surface area contributed by atoms with Gasteiger partial charge >= 0.3 is 0 Å². The van der Waals surface area contributed by atoms with Gasteiger partial charge in [0.1, 0.15) is 17.2 Å². The summed E-state index contributed by atoms with van der Waals surface area (Å²) in [7, 11) is 1.52. The summed E-state index contributed by atoms with van der Waals surface area (Å²) in [6, 6.07) is 13.5. The van der Waals surface area contributed by atoms with Gasteiger partial charge in [-0.05, 0) is 54.7 Å². The summed E-state index contributed by atoms with van der Waals surface area (Å²) in [5.41, 5.74) is 1.24. The van der Waals surface area contributed by atoms with Crippen molar-refractivity contribution in [3.8, 4) is 11.5 Å². The number of halogens is 2. The first-order valence-corrected chi connectivity index (χ1v) is 8.84. The Labute approximate surface area is 170 Å². The summed E-state index contributed by atoms with van der Waals surface area (Å²) in [5.74, 6) is -1.19. The number of amides is 1. The van der Waals surface area contributed by atoms with E-state index in [0.29, 0.717) is 22.9 Å². The van der Waals surface area contributed by atoms with Gasteiger partial charge in [0, 0.05) is 36.8 Å². The zero-order valence-corrected chi connectivity index (χ0v) is 16.0. The van der Waals surface area contributed by atoms with Gasteiger partial charge in [-0.3, -0.25) is 9.78 Å². The average molecular weight is 414 g/mol. The van der Waals surface area contributed by atoms with E-state index in [-0.39, 0.29) is 16.7 Å². The Morgan fingerprint density at radius 2 is 1.62 bits per heavy atom. The number of aromatic nitrogens is 1. The Kier molecular flexibility index (Phi) is 6.30. The topological polar surface area (TPSA) is 75.3 Å². The monoisotopic (exact) mass is 414 g/mol. The maximum absolute atomic E-state index is 13.3. The van der Waals surface area contributed by atoms with Crippen LogP contribution < -0.4 is 20.7 Å². The molecule has 148 valence electrons. The molecule has 0 saturated carbocycles. The molecule has 0 aliphatic carbocycles. The van der Waals surface area contributed by atoms with Gasteiger partial charge in [0.05, 0.1) is 0 Å². The third-order valence-corrected chi connectivity index (χ3v) is 3.92. The molecule has 0 unspecified atom stereocenters. The van der Waals surface area contributed by atoms with E-state index < -0.39 is 11.6 Å². The molecular formula is C20H16F2N4O2S. The van der Waals surface area contributed by atoms with E-state index in [2.05, 4.69) is 20.9 Å². The van der Waals surface area contributed by atoms with Gasteiger partial charge in [-0.15, -0.1) is 0 Å². The van der Waals surface area contributed by atoms with Gasteiger partial charge in [-0.25, -0.2) is 8.78 Å². The molecule has 1 heterocycles. The van der Waals surface area contributed by atoms with Gasteiger partial charge in [-0.1, -0.05) is 0 Å². The molecule has 0 atom stereocenters. The Balaban J connectivity index is 1.60. The molecule has 29 heavy (non-hydrogen) atoms. The number of nitrogens with one attached hydrogen (secondary N) is 3.